The van der Waals surface area contributed by atoms with Crippen LogP contribution in [-0.4, -0.2) is 17.6 Å². The van der Waals surface area contributed by atoms with Gasteiger partial charge in [0.1, 0.15) is 0 Å². The minimum atomic E-state index is -0.991. The lowest BCUT2D eigenvalue weighted by molar-refractivity contribution is 0.0697. The number of carbonyl (C=O) groups is 1. The molecule has 0 aromatic heterocycles. The molecule has 1 rings (SSSR count). The molecule has 0 heterocycles. The predicted molar refractivity (Wildman–Crippen MR) is 62.0 cm³/mol. The van der Waals surface area contributed by atoms with Crippen LogP contribution in [0.15, 0.2) is 27.8 Å². The smallest absolute Gasteiger partial charge is 0.335 e. The van der Waals surface area contributed by atoms with Crippen molar-refractivity contribution in [2.45, 2.75) is 0 Å². The van der Waals surface area contributed by atoms with Gasteiger partial charge in [0, 0.05) is 14.9 Å². The van der Waals surface area contributed by atoms with Crippen LogP contribution >= 0.6 is 15.9 Å². The molecule has 1 aromatic carbocycles. The van der Waals surface area contributed by atoms with Crippen molar-refractivity contribution in [3.8, 4) is 11.8 Å². The van der Waals surface area contributed by atoms with Gasteiger partial charge in [-0.2, -0.15) is 0 Å². The first-order valence-corrected chi connectivity index (χ1v) is 4.97. The number of hydrogen-bond donors (Lipinski definition) is 1. The van der Waals surface area contributed by atoms with Gasteiger partial charge in [-0.05, 0) is 39.7 Å². The third-order valence-electron chi connectivity index (χ3n) is 1.65. The topological polar surface area (TPSA) is 86.1 Å². The number of nitrogens with zero attached hydrogens (tertiary/aromatic N) is 3. The second-order valence-electron chi connectivity index (χ2n) is 2.69. The highest BCUT2D eigenvalue weighted by atomic mass is 79.9. The van der Waals surface area contributed by atoms with E-state index in [9.17, 15) is 4.79 Å². The van der Waals surface area contributed by atoms with Crippen molar-refractivity contribution in [2.24, 2.45) is 5.11 Å². The van der Waals surface area contributed by atoms with Gasteiger partial charge in [-0.3, -0.25) is 0 Å². The van der Waals surface area contributed by atoms with Crippen molar-refractivity contribution in [3.63, 3.8) is 0 Å². The fourth-order valence-corrected chi connectivity index (χ4v) is 1.43. The molecule has 0 spiro atoms. The van der Waals surface area contributed by atoms with Gasteiger partial charge in [0.2, 0.25) is 0 Å². The summed E-state index contributed by atoms with van der Waals surface area (Å²) >= 11 is 3.22. The third kappa shape index (κ3) is 3.31. The Kier molecular flexibility index (Phi) is 4.40. The Morgan fingerprint density at radius 3 is 2.94 bits per heavy atom. The lowest BCUT2D eigenvalue weighted by Gasteiger charge is -1.98. The van der Waals surface area contributed by atoms with E-state index in [4.69, 9.17) is 10.6 Å². The standard InChI is InChI=1S/C10H6BrN3O2/c11-9-6-8(10(15)16)4-3-7(9)2-1-5-13-14-12/h3-4,6H,5H2,(H,15,16). The molecule has 0 radical (unpaired) electrons. The van der Waals surface area contributed by atoms with Crippen LogP contribution in [0.5, 0.6) is 0 Å². The monoisotopic (exact) mass is 279 g/mol. The van der Waals surface area contributed by atoms with Gasteiger partial charge in [0.15, 0.2) is 0 Å². The molecule has 0 aliphatic heterocycles. The molecule has 0 atom stereocenters. The number of rotatable bonds is 2. The van der Waals surface area contributed by atoms with E-state index < -0.39 is 5.97 Å². The Labute approximate surface area is 99.8 Å². The van der Waals surface area contributed by atoms with Crippen LogP contribution in [0.3, 0.4) is 0 Å². The lowest BCUT2D eigenvalue weighted by Crippen LogP contribution is -1.96. The largest absolute Gasteiger partial charge is 0.478 e. The fourth-order valence-electron chi connectivity index (χ4n) is 0.951. The van der Waals surface area contributed by atoms with Crippen LogP contribution in [-0.2, 0) is 0 Å². The van der Waals surface area contributed by atoms with Crippen LogP contribution in [0, 0.1) is 11.8 Å². The van der Waals surface area contributed by atoms with Crippen molar-refractivity contribution in [3.05, 3.63) is 44.2 Å². The molecule has 0 aliphatic rings. The quantitative estimate of drug-likeness (QED) is 0.391. The summed E-state index contributed by atoms with van der Waals surface area (Å²) in [6.45, 7) is 0.0869. The summed E-state index contributed by atoms with van der Waals surface area (Å²) in [6.07, 6.45) is 0. The molecule has 0 aliphatic carbocycles. The SMILES string of the molecule is [N-]=[N+]=NCC#Cc1ccc(C(=O)O)cc1Br. The van der Waals surface area contributed by atoms with Crippen molar-refractivity contribution >= 4 is 21.9 Å². The maximum atomic E-state index is 10.7. The number of azide groups is 1. The van der Waals surface area contributed by atoms with Crippen LogP contribution in [0.1, 0.15) is 15.9 Å². The Bertz CT molecular complexity index is 525. The minimum absolute atomic E-state index is 0.0869. The summed E-state index contributed by atoms with van der Waals surface area (Å²) in [5.74, 6) is 4.41. The summed E-state index contributed by atoms with van der Waals surface area (Å²) in [4.78, 5) is 13.2. The molecule has 6 heteroatoms. The van der Waals surface area contributed by atoms with Crippen molar-refractivity contribution in [2.75, 3.05) is 6.54 Å². The first-order valence-electron chi connectivity index (χ1n) is 4.17. The Balaban J connectivity index is 2.93. The van der Waals surface area contributed by atoms with Gasteiger partial charge >= 0.3 is 5.97 Å². The number of aromatic carboxylic acids is 1. The number of carboxylic acid groups (broad SMARTS) is 1. The number of hydrogen-bond acceptors (Lipinski definition) is 2. The first kappa shape index (κ1) is 12.1. The molecule has 1 N–H and O–H groups in total. The van der Waals surface area contributed by atoms with E-state index in [0.29, 0.717) is 10.0 Å². The summed E-state index contributed by atoms with van der Waals surface area (Å²) in [5.41, 5.74) is 8.87. The summed E-state index contributed by atoms with van der Waals surface area (Å²) < 4.78 is 0.598. The molecular weight excluding hydrogens is 274 g/mol. The molecule has 0 saturated heterocycles. The molecule has 0 fully saturated rings. The second-order valence-corrected chi connectivity index (χ2v) is 3.54. The van der Waals surface area contributed by atoms with Gasteiger partial charge in [0.25, 0.3) is 0 Å². The minimum Gasteiger partial charge on any atom is -0.478 e. The number of carboxylic acids is 1. The van der Waals surface area contributed by atoms with Crippen LogP contribution in [0.2, 0.25) is 0 Å². The lowest BCUT2D eigenvalue weighted by atomic mass is 10.1. The zero-order chi connectivity index (χ0) is 12.0. The van der Waals surface area contributed by atoms with Crippen molar-refractivity contribution in [1.29, 1.82) is 0 Å². The summed E-state index contributed by atoms with van der Waals surface area (Å²) in [7, 11) is 0. The molecular formula is C10H6BrN3O2. The average Bonchev–Trinajstić information content (AvgIpc) is 2.26. The van der Waals surface area contributed by atoms with E-state index in [-0.39, 0.29) is 12.1 Å². The van der Waals surface area contributed by atoms with Gasteiger partial charge in [-0.1, -0.05) is 17.0 Å². The third-order valence-corrected chi connectivity index (χ3v) is 2.31. The van der Waals surface area contributed by atoms with Gasteiger partial charge < -0.3 is 5.11 Å². The summed E-state index contributed by atoms with van der Waals surface area (Å²) in [5, 5.41) is 12.0. The van der Waals surface area contributed by atoms with Crippen LogP contribution in [0.25, 0.3) is 10.4 Å². The van der Waals surface area contributed by atoms with Crippen LogP contribution in [0.4, 0.5) is 0 Å². The Hall–Kier alpha value is -1.96. The molecule has 16 heavy (non-hydrogen) atoms. The number of benzene rings is 1. The highest BCUT2D eigenvalue weighted by molar-refractivity contribution is 9.10. The van der Waals surface area contributed by atoms with Gasteiger partial charge in [-0.25, -0.2) is 4.79 Å². The Morgan fingerprint density at radius 1 is 1.62 bits per heavy atom. The molecule has 5 nitrogen and oxygen atoms in total. The van der Waals surface area contributed by atoms with E-state index in [1.807, 2.05) is 0 Å². The van der Waals surface area contributed by atoms with Crippen molar-refractivity contribution < 1.29 is 9.90 Å². The zero-order valence-corrected chi connectivity index (χ0v) is 9.60. The predicted octanol–water partition coefficient (Wildman–Crippen LogP) is 2.81. The van der Waals surface area contributed by atoms with E-state index in [0.717, 1.165) is 0 Å². The molecule has 0 bridgehead atoms. The van der Waals surface area contributed by atoms with E-state index in [2.05, 4.69) is 37.8 Å². The highest BCUT2D eigenvalue weighted by Gasteiger charge is 2.04. The maximum absolute atomic E-state index is 10.7. The van der Waals surface area contributed by atoms with E-state index in [1.165, 1.54) is 12.1 Å². The van der Waals surface area contributed by atoms with Gasteiger partial charge in [0.05, 0.1) is 12.1 Å². The normalized spacial score (nSPS) is 8.56. The highest BCUT2D eigenvalue weighted by Crippen LogP contribution is 2.17. The van der Waals surface area contributed by atoms with Crippen molar-refractivity contribution in [1.82, 2.24) is 0 Å². The maximum Gasteiger partial charge on any atom is 0.335 e. The molecule has 0 saturated carbocycles. The molecule has 0 unspecified atom stereocenters. The number of halogens is 1. The van der Waals surface area contributed by atoms with Crippen LogP contribution < -0.4 is 0 Å². The Morgan fingerprint density at radius 2 is 2.38 bits per heavy atom. The molecule has 0 amide bonds. The second kappa shape index (κ2) is 5.81. The van der Waals surface area contributed by atoms with E-state index >= 15 is 0 Å². The molecule has 80 valence electrons. The van der Waals surface area contributed by atoms with E-state index in [1.54, 1.807) is 6.07 Å². The molecule has 1 aromatic rings. The first-order chi connectivity index (χ1) is 7.65. The summed E-state index contributed by atoms with van der Waals surface area (Å²) in [6, 6.07) is 4.53. The van der Waals surface area contributed by atoms with Gasteiger partial charge in [-0.15, -0.1) is 0 Å². The average molecular weight is 280 g/mol. The zero-order valence-electron chi connectivity index (χ0n) is 8.01. The fraction of sp³-hybridized carbons (Fsp3) is 0.100.